The van der Waals surface area contributed by atoms with E-state index in [0.29, 0.717) is 30.5 Å². The molecule has 4 heterocycles. The molecule has 1 aromatic heterocycles. The molecule has 0 spiro atoms. The number of rotatable bonds is 6. The van der Waals surface area contributed by atoms with E-state index in [4.69, 9.17) is 16.3 Å². The van der Waals surface area contributed by atoms with Crippen LogP contribution in [-0.4, -0.2) is 64.6 Å². The number of fused-ring (bicyclic) bond motifs is 3. The zero-order valence-electron chi connectivity index (χ0n) is 19.3. The molecule has 2 aromatic rings. The number of nitrogens with zero attached hydrogens (tertiary/aromatic N) is 4. The van der Waals surface area contributed by atoms with Crippen molar-refractivity contribution in [1.82, 2.24) is 20.2 Å². The Balaban J connectivity index is 1.37. The Labute approximate surface area is 203 Å². The molecular formula is C24H29ClN6O3. The molecule has 1 aromatic carbocycles. The number of carbonyl (C=O) groups is 2. The van der Waals surface area contributed by atoms with Gasteiger partial charge >= 0.3 is 6.09 Å². The molecule has 2 N–H and O–H groups in total. The first-order valence-electron chi connectivity index (χ1n) is 11.7. The fourth-order valence-corrected chi connectivity index (χ4v) is 5.32. The number of ether oxygens (including phenoxy) is 1. The van der Waals surface area contributed by atoms with Crippen molar-refractivity contribution in [2.45, 2.75) is 57.3 Å². The maximum Gasteiger partial charge on any atom is 0.413 e. The van der Waals surface area contributed by atoms with Gasteiger partial charge in [-0.25, -0.2) is 14.8 Å². The molecule has 0 saturated carbocycles. The van der Waals surface area contributed by atoms with Gasteiger partial charge in [-0.3, -0.25) is 10.1 Å². The van der Waals surface area contributed by atoms with Crippen LogP contribution in [0.1, 0.15) is 43.7 Å². The van der Waals surface area contributed by atoms with Gasteiger partial charge in [-0.2, -0.15) is 0 Å². The van der Waals surface area contributed by atoms with Crippen LogP contribution < -0.4 is 15.5 Å². The van der Waals surface area contributed by atoms with E-state index in [-0.39, 0.29) is 36.6 Å². The highest BCUT2D eigenvalue weighted by molar-refractivity contribution is 6.30. The lowest BCUT2D eigenvalue weighted by molar-refractivity contribution is -0.136. The highest BCUT2D eigenvalue weighted by Crippen LogP contribution is 2.37. The van der Waals surface area contributed by atoms with Crippen LogP contribution >= 0.6 is 11.6 Å². The number of benzene rings is 1. The SMILES string of the molecule is CC(C)NCC(C(=O)N1C2CCC1CN(c1ncnc3c1COC(=O)N3)C2)c1ccc(Cl)cc1. The topological polar surface area (TPSA) is 99.7 Å². The van der Waals surface area contributed by atoms with Crippen molar-refractivity contribution in [3.05, 3.63) is 46.7 Å². The molecule has 34 heavy (non-hydrogen) atoms. The van der Waals surface area contributed by atoms with E-state index in [1.165, 1.54) is 6.33 Å². The summed E-state index contributed by atoms with van der Waals surface area (Å²) in [6, 6.07) is 8.08. The average Bonchev–Trinajstić information content (AvgIpc) is 3.08. The number of halogens is 1. The molecule has 3 atom stereocenters. The second-order valence-electron chi connectivity index (χ2n) is 9.43. The van der Waals surface area contributed by atoms with Crippen LogP contribution in [-0.2, 0) is 16.1 Å². The quantitative estimate of drug-likeness (QED) is 0.649. The molecule has 180 valence electrons. The van der Waals surface area contributed by atoms with Crippen LogP contribution in [0.2, 0.25) is 5.02 Å². The molecule has 2 amide bonds. The van der Waals surface area contributed by atoms with Gasteiger partial charge in [0.1, 0.15) is 24.6 Å². The Bertz CT molecular complexity index is 1060. The fraction of sp³-hybridized carbons (Fsp3) is 0.500. The summed E-state index contributed by atoms with van der Waals surface area (Å²) in [5.74, 6) is 1.15. The molecule has 0 aliphatic carbocycles. The molecule has 2 bridgehead atoms. The van der Waals surface area contributed by atoms with Gasteiger partial charge in [0.25, 0.3) is 0 Å². The molecule has 9 nitrogen and oxygen atoms in total. The average molecular weight is 485 g/mol. The van der Waals surface area contributed by atoms with Crippen molar-refractivity contribution in [2.75, 3.05) is 29.9 Å². The van der Waals surface area contributed by atoms with E-state index in [9.17, 15) is 9.59 Å². The number of hydrogen-bond acceptors (Lipinski definition) is 7. The molecule has 0 radical (unpaired) electrons. The minimum Gasteiger partial charge on any atom is -0.444 e. The van der Waals surface area contributed by atoms with Gasteiger partial charge in [-0.15, -0.1) is 0 Å². The summed E-state index contributed by atoms with van der Waals surface area (Å²) in [7, 11) is 0. The fourth-order valence-electron chi connectivity index (χ4n) is 5.20. The van der Waals surface area contributed by atoms with Gasteiger partial charge in [0.05, 0.1) is 11.5 Å². The number of cyclic esters (lactones) is 1. The normalized spacial score (nSPS) is 22.3. The third kappa shape index (κ3) is 4.42. The molecule has 3 aliphatic rings. The largest absolute Gasteiger partial charge is 0.444 e. The van der Waals surface area contributed by atoms with E-state index in [2.05, 4.69) is 44.2 Å². The molecule has 3 aliphatic heterocycles. The summed E-state index contributed by atoms with van der Waals surface area (Å²) in [5, 5.41) is 6.75. The molecule has 2 fully saturated rings. The van der Waals surface area contributed by atoms with E-state index in [0.717, 1.165) is 29.8 Å². The summed E-state index contributed by atoms with van der Waals surface area (Å²) >= 11 is 6.10. The first kappa shape index (κ1) is 22.9. The highest BCUT2D eigenvalue weighted by Gasteiger charge is 2.45. The van der Waals surface area contributed by atoms with Crippen molar-refractivity contribution in [2.24, 2.45) is 0 Å². The standard InChI is InChI=1S/C24H29ClN6O3/c1-14(2)26-9-19(15-3-5-16(25)6-4-15)23(32)31-17-7-8-18(31)11-30(10-17)22-20-12-34-24(33)29-21(20)27-13-28-22/h3-6,13-14,17-19,26H,7-12H2,1-2H3,(H,27,28,29,33). The van der Waals surface area contributed by atoms with Crippen LogP contribution in [0.4, 0.5) is 16.4 Å². The first-order valence-corrected chi connectivity index (χ1v) is 12.1. The lowest BCUT2D eigenvalue weighted by Crippen LogP contribution is -2.58. The highest BCUT2D eigenvalue weighted by atomic mass is 35.5. The summed E-state index contributed by atoms with van der Waals surface area (Å²) in [6.07, 6.45) is 2.88. The van der Waals surface area contributed by atoms with Gasteiger partial charge in [-0.05, 0) is 30.5 Å². The number of aromatic nitrogens is 2. The van der Waals surface area contributed by atoms with Crippen molar-refractivity contribution in [3.63, 3.8) is 0 Å². The Morgan fingerprint density at radius 1 is 1.21 bits per heavy atom. The number of hydrogen-bond donors (Lipinski definition) is 2. The van der Waals surface area contributed by atoms with E-state index >= 15 is 0 Å². The van der Waals surface area contributed by atoms with Crippen LogP contribution in [0.15, 0.2) is 30.6 Å². The van der Waals surface area contributed by atoms with Crippen LogP contribution in [0, 0.1) is 0 Å². The predicted octanol–water partition coefficient (Wildman–Crippen LogP) is 3.15. The van der Waals surface area contributed by atoms with E-state index in [1.54, 1.807) is 0 Å². The van der Waals surface area contributed by atoms with Gasteiger partial charge in [0.2, 0.25) is 5.91 Å². The van der Waals surface area contributed by atoms with Crippen molar-refractivity contribution >= 4 is 35.2 Å². The zero-order chi connectivity index (χ0) is 23.8. The van der Waals surface area contributed by atoms with Crippen LogP contribution in [0.25, 0.3) is 0 Å². The van der Waals surface area contributed by atoms with Crippen LogP contribution in [0.3, 0.4) is 0 Å². The smallest absolute Gasteiger partial charge is 0.413 e. The van der Waals surface area contributed by atoms with Gasteiger partial charge < -0.3 is 19.9 Å². The van der Waals surface area contributed by atoms with Crippen molar-refractivity contribution < 1.29 is 14.3 Å². The minimum absolute atomic E-state index is 0.102. The van der Waals surface area contributed by atoms with E-state index in [1.807, 2.05) is 24.3 Å². The molecular weight excluding hydrogens is 456 g/mol. The summed E-state index contributed by atoms with van der Waals surface area (Å²) in [5.41, 5.74) is 1.75. The van der Waals surface area contributed by atoms with Crippen molar-refractivity contribution in [3.8, 4) is 0 Å². The summed E-state index contributed by atoms with van der Waals surface area (Å²) in [6.45, 7) is 6.26. The van der Waals surface area contributed by atoms with Gasteiger partial charge in [-0.1, -0.05) is 37.6 Å². The Morgan fingerprint density at radius 3 is 2.59 bits per heavy atom. The third-order valence-corrected chi connectivity index (χ3v) is 7.08. The summed E-state index contributed by atoms with van der Waals surface area (Å²) < 4.78 is 5.16. The Morgan fingerprint density at radius 2 is 1.91 bits per heavy atom. The molecule has 2 saturated heterocycles. The number of nitrogens with one attached hydrogen (secondary N) is 2. The molecule has 10 heteroatoms. The maximum atomic E-state index is 13.9. The Kier molecular flexibility index (Phi) is 6.31. The number of anilines is 2. The predicted molar refractivity (Wildman–Crippen MR) is 129 cm³/mol. The maximum absolute atomic E-state index is 13.9. The van der Waals surface area contributed by atoms with Crippen molar-refractivity contribution in [1.29, 1.82) is 0 Å². The number of piperazine rings is 1. The van der Waals surface area contributed by atoms with Crippen LogP contribution in [0.5, 0.6) is 0 Å². The Hall–Kier alpha value is -2.91. The van der Waals surface area contributed by atoms with Gasteiger partial charge in [0, 0.05) is 42.8 Å². The third-order valence-electron chi connectivity index (χ3n) is 6.83. The van der Waals surface area contributed by atoms with E-state index < -0.39 is 6.09 Å². The second-order valence-corrected chi connectivity index (χ2v) is 9.86. The zero-order valence-corrected chi connectivity index (χ0v) is 20.1. The number of carbonyl (C=O) groups excluding carboxylic acids is 2. The lowest BCUT2D eigenvalue weighted by Gasteiger charge is -2.43. The monoisotopic (exact) mass is 484 g/mol. The first-order chi connectivity index (χ1) is 16.4. The lowest BCUT2D eigenvalue weighted by atomic mass is 9.95. The molecule has 5 rings (SSSR count). The summed E-state index contributed by atoms with van der Waals surface area (Å²) in [4.78, 5) is 38.5. The number of amides is 2. The minimum atomic E-state index is -0.504. The molecule has 3 unspecified atom stereocenters. The van der Waals surface area contributed by atoms with Gasteiger partial charge in [0.15, 0.2) is 0 Å². The second kappa shape index (κ2) is 9.38.